The zero-order chi connectivity index (χ0) is 13.8. The molecule has 0 aliphatic heterocycles. The molecule has 0 aliphatic rings. The van der Waals surface area contributed by atoms with Crippen LogP contribution in [-0.2, 0) is 4.43 Å². The third-order valence-corrected chi connectivity index (χ3v) is 7.90. The van der Waals surface area contributed by atoms with E-state index in [1.807, 2.05) is 6.92 Å². The highest BCUT2D eigenvalue weighted by Crippen LogP contribution is 2.37. The van der Waals surface area contributed by atoms with Gasteiger partial charge in [0, 0.05) is 12.4 Å². The first-order chi connectivity index (χ1) is 8.22. The summed E-state index contributed by atoms with van der Waals surface area (Å²) in [5.74, 6) is 0. The number of rotatable bonds is 5. The Kier molecular flexibility index (Phi) is 4.87. The normalized spacial score (nSPS) is 14.3. The average Bonchev–Trinajstić information content (AvgIpc) is 2.26. The van der Waals surface area contributed by atoms with E-state index in [0.29, 0.717) is 12.6 Å². The van der Waals surface area contributed by atoms with Gasteiger partial charge in [-0.25, -0.2) is 9.97 Å². The van der Waals surface area contributed by atoms with Crippen molar-refractivity contribution in [3.8, 4) is 6.01 Å². The molecule has 1 heterocycles. The number of nitrogens with zero attached hydrogens (tertiary/aromatic N) is 2. The van der Waals surface area contributed by atoms with Gasteiger partial charge in [0.15, 0.2) is 8.32 Å². The van der Waals surface area contributed by atoms with E-state index in [0.717, 1.165) is 0 Å². The van der Waals surface area contributed by atoms with Gasteiger partial charge in [0.25, 0.3) is 0 Å². The van der Waals surface area contributed by atoms with Gasteiger partial charge in [-0.05, 0) is 31.1 Å². The van der Waals surface area contributed by atoms with Crippen molar-refractivity contribution in [2.45, 2.75) is 51.9 Å². The van der Waals surface area contributed by atoms with Crippen LogP contribution in [-0.4, -0.2) is 31.0 Å². The van der Waals surface area contributed by atoms with E-state index in [1.54, 1.807) is 18.5 Å². The molecule has 0 unspecified atom stereocenters. The van der Waals surface area contributed by atoms with Gasteiger partial charge in [-0.15, -0.1) is 0 Å². The first kappa shape index (κ1) is 15.1. The Balaban J connectivity index is 2.45. The predicted octanol–water partition coefficient (Wildman–Crippen LogP) is 3.27. The molecule has 1 aromatic heterocycles. The molecular weight excluding hydrogens is 244 g/mol. The number of hydrogen-bond donors (Lipinski definition) is 0. The van der Waals surface area contributed by atoms with Crippen LogP contribution in [0.1, 0.15) is 27.7 Å². The van der Waals surface area contributed by atoms with Crippen molar-refractivity contribution in [2.75, 3.05) is 6.61 Å². The average molecular weight is 268 g/mol. The van der Waals surface area contributed by atoms with Gasteiger partial charge < -0.3 is 9.16 Å². The smallest absolute Gasteiger partial charge is 0.316 e. The highest BCUT2D eigenvalue weighted by Gasteiger charge is 2.38. The van der Waals surface area contributed by atoms with Crippen molar-refractivity contribution >= 4 is 8.32 Å². The fraction of sp³-hybridized carbons (Fsp3) is 0.692. The largest absolute Gasteiger partial charge is 0.461 e. The third-order valence-electron chi connectivity index (χ3n) is 3.29. The van der Waals surface area contributed by atoms with E-state index in [4.69, 9.17) is 9.16 Å². The van der Waals surface area contributed by atoms with Gasteiger partial charge >= 0.3 is 6.01 Å². The summed E-state index contributed by atoms with van der Waals surface area (Å²) in [6, 6.07) is 2.17. The van der Waals surface area contributed by atoms with E-state index in [9.17, 15) is 0 Å². The molecule has 1 rings (SSSR count). The summed E-state index contributed by atoms with van der Waals surface area (Å²) in [6.07, 6.45) is 3.39. The first-order valence-corrected chi connectivity index (χ1v) is 9.21. The molecule has 4 nitrogen and oxygen atoms in total. The fourth-order valence-electron chi connectivity index (χ4n) is 1.27. The maximum atomic E-state index is 6.18. The van der Waals surface area contributed by atoms with Crippen LogP contribution < -0.4 is 4.74 Å². The van der Waals surface area contributed by atoms with Gasteiger partial charge in [0.05, 0.1) is 6.10 Å². The van der Waals surface area contributed by atoms with Crippen LogP contribution in [0.5, 0.6) is 6.01 Å². The highest BCUT2D eigenvalue weighted by atomic mass is 28.4. The van der Waals surface area contributed by atoms with Crippen molar-refractivity contribution in [3.05, 3.63) is 18.5 Å². The maximum absolute atomic E-state index is 6.18. The van der Waals surface area contributed by atoms with Crippen LogP contribution in [0.15, 0.2) is 18.5 Å². The van der Waals surface area contributed by atoms with Gasteiger partial charge in [-0.2, -0.15) is 0 Å². The van der Waals surface area contributed by atoms with Gasteiger partial charge in [0.2, 0.25) is 0 Å². The standard InChI is InChI=1S/C13H24N2O2Si/c1-11(17-18(5,6)13(2,3)4)10-16-12-14-8-7-9-15-12/h7-9,11H,10H2,1-6H3/t11-/m1/s1. The maximum Gasteiger partial charge on any atom is 0.316 e. The molecule has 0 amide bonds. The Hall–Kier alpha value is -0.943. The second kappa shape index (κ2) is 5.80. The minimum absolute atomic E-state index is 0.0506. The predicted molar refractivity (Wildman–Crippen MR) is 75.3 cm³/mol. The lowest BCUT2D eigenvalue weighted by atomic mass is 10.2. The minimum Gasteiger partial charge on any atom is -0.461 e. The molecule has 0 aromatic carbocycles. The van der Waals surface area contributed by atoms with E-state index in [2.05, 4.69) is 43.8 Å². The summed E-state index contributed by atoms with van der Waals surface area (Å²) in [7, 11) is -1.73. The Labute approximate surface area is 111 Å². The topological polar surface area (TPSA) is 44.2 Å². The Morgan fingerprint density at radius 2 is 1.78 bits per heavy atom. The molecule has 1 aromatic rings. The summed E-state index contributed by atoms with van der Waals surface area (Å²) >= 11 is 0. The van der Waals surface area contributed by atoms with Crippen molar-refractivity contribution in [1.82, 2.24) is 9.97 Å². The number of hydrogen-bond acceptors (Lipinski definition) is 4. The van der Waals surface area contributed by atoms with Crippen LogP contribution in [0.3, 0.4) is 0 Å². The molecular formula is C13H24N2O2Si. The molecule has 0 aliphatic carbocycles. The molecule has 0 N–H and O–H groups in total. The molecule has 1 atom stereocenters. The summed E-state index contributed by atoms with van der Waals surface area (Å²) in [5.41, 5.74) is 0. The number of ether oxygens (including phenoxy) is 1. The second-order valence-electron chi connectivity index (χ2n) is 6.03. The molecule has 0 bridgehead atoms. The molecule has 0 saturated carbocycles. The van der Waals surface area contributed by atoms with Crippen LogP contribution in [0.25, 0.3) is 0 Å². The van der Waals surface area contributed by atoms with Crippen LogP contribution >= 0.6 is 0 Å². The third kappa shape index (κ3) is 4.38. The zero-order valence-corrected chi connectivity index (χ0v) is 13.2. The van der Waals surface area contributed by atoms with Crippen molar-refractivity contribution in [3.63, 3.8) is 0 Å². The molecule has 0 spiro atoms. The monoisotopic (exact) mass is 268 g/mol. The Bertz CT molecular complexity index is 363. The van der Waals surface area contributed by atoms with Crippen LogP contribution in [0.4, 0.5) is 0 Å². The Morgan fingerprint density at radius 3 is 2.28 bits per heavy atom. The molecule has 0 radical (unpaired) electrons. The van der Waals surface area contributed by atoms with E-state index in [1.165, 1.54) is 0 Å². The van der Waals surface area contributed by atoms with E-state index in [-0.39, 0.29) is 11.1 Å². The van der Waals surface area contributed by atoms with Gasteiger partial charge in [-0.1, -0.05) is 20.8 Å². The molecule has 18 heavy (non-hydrogen) atoms. The lowest BCUT2D eigenvalue weighted by Gasteiger charge is -2.38. The SMILES string of the molecule is C[C@H](COc1ncccn1)O[Si](C)(C)C(C)(C)C. The summed E-state index contributed by atoms with van der Waals surface area (Å²) in [6.45, 7) is 13.7. The fourth-order valence-corrected chi connectivity index (χ4v) is 2.69. The first-order valence-electron chi connectivity index (χ1n) is 6.30. The van der Waals surface area contributed by atoms with Crippen LogP contribution in [0, 0.1) is 0 Å². The Morgan fingerprint density at radius 1 is 1.22 bits per heavy atom. The summed E-state index contributed by atoms with van der Waals surface area (Å²) in [5, 5.41) is 0.213. The van der Waals surface area contributed by atoms with Gasteiger partial charge in [0.1, 0.15) is 6.61 Å². The molecule has 102 valence electrons. The van der Waals surface area contributed by atoms with E-state index < -0.39 is 8.32 Å². The lowest BCUT2D eigenvalue weighted by Crippen LogP contribution is -2.44. The highest BCUT2D eigenvalue weighted by molar-refractivity contribution is 6.74. The van der Waals surface area contributed by atoms with Crippen molar-refractivity contribution in [2.24, 2.45) is 0 Å². The summed E-state index contributed by atoms with van der Waals surface area (Å²) in [4.78, 5) is 8.04. The molecule has 0 saturated heterocycles. The quantitative estimate of drug-likeness (QED) is 0.769. The van der Waals surface area contributed by atoms with Gasteiger partial charge in [-0.3, -0.25) is 0 Å². The zero-order valence-electron chi connectivity index (χ0n) is 12.2. The van der Waals surface area contributed by atoms with Crippen molar-refractivity contribution in [1.29, 1.82) is 0 Å². The number of aromatic nitrogens is 2. The van der Waals surface area contributed by atoms with E-state index >= 15 is 0 Å². The summed E-state index contributed by atoms with van der Waals surface area (Å²) < 4.78 is 11.7. The second-order valence-corrected chi connectivity index (χ2v) is 10.8. The van der Waals surface area contributed by atoms with Crippen molar-refractivity contribution < 1.29 is 9.16 Å². The lowest BCUT2D eigenvalue weighted by molar-refractivity contribution is 0.123. The molecule has 0 fully saturated rings. The minimum atomic E-state index is -1.73. The van der Waals surface area contributed by atoms with Crippen LogP contribution in [0.2, 0.25) is 18.1 Å². The molecule has 5 heteroatoms.